The molecule has 0 aliphatic carbocycles. The van der Waals surface area contributed by atoms with Crippen LogP contribution >= 0.6 is 11.6 Å². The fourth-order valence-corrected chi connectivity index (χ4v) is 1.97. The summed E-state index contributed by atoms with van der Waals surface area (Å²) in [5.74, 6) is -0.648. The number of nitrogens with two attached hydrogens (primary N) is 1. The van der Waals surface area contributed by atoms with Crippen molar-refractivity contribution in [3.8, 4) is 0 Å². The fourth-order valence-electron chi connectivity index (χ4n) is 1.79. The maximum atomic E-state index is 11.4. The van der Waals surface area contributed by atoms with Crippen LogP contribution in [0.1, 0.15) is 10.4 Å². The van der Waals surface area contributed by atoms with E-state index in [0.717, 1.165) is 6.07 Å². The van der Waals surface area contributed by atoms with Gasteiger partial charge in [0.1, 0.15) is 5.69 Å². The van der Waals surface area contributed by atoms with Crippen molar-refractivity contribution in [2.75, 3.05) is 18.2 Å². The van der Waals surface area contributed by atoms with Gasteiger partial charge in [-0.25, -0.2) is 4.79 Å². The van der Waals surface area contributed by atoms with E-state index < -0.39 is 10.9 Å². The van der Waals surface area contributed by atoms with Gasteiger partial charge in [0.25, 0.3) is 5.69 Å². The molecule has 2 rings (SSSR count). The molecule has 22 heavy (non-hydrogen) atoms. The van der Waals surface area contributed by atoms with Crippen LogP contribution in [0.2, 0.25) is 5.02 Å². The average Bonchev–Trinajstić information content (AvgIpc) is 2.50. The number of nitrogen functional groups attached to an aromatic ring is 1. The first-order valence-corrected chi connectivity index (χ1v) is 6.49. The number of anilines is 3. The molecular weight excluding hydrogens is 310 g/mol. The summed E-state index contributed by atoms with van der Waals surface area (Å²) >= 11 is 5.91. The molecule has 0 radical (unpaired) electrons. The molecule has 0 aliphatic rings. The third-order valence-electron chi connectivity index (χ3n) is 2.89. The van der Waals surface area contributed by atoms with E-state index in [0.29, 0.717) is 16.4 Å². The number of nitrogens with zero attached hydrogens (tertiary/aromatic N) is 1. The highest BCUT2D eigenvalue weighted by atomic mass is 35.5. The lowest BCUT2D eigenvalue weighted by Crippen LogP contribution is -2.04. The monoisotopic (exact) mass is 321 g/mol. The number of halogens is 1. The van der Waals surface area contributed by atoms with E-state index in [2.05, 4.69) is 10.1 Å². The topological polar surface area (TPSA) is 107 Å². The molecule has 8 heteroatoms. The Morgan fingerprint density at radius 1 is 1.32 bits per heavy atom. The van der Waals surface area contributed by atoms with Crippen LogP contribution in [0.3, 0.4) is 0 Å². The van der Waals surface area contributed by atoms with Crippen molar-refractivity contribution in [3.05, 3.63) is 57.1 Å². The summed E-state index contributed by atoms with van der Waals surface area (Å²) in [5, 5.41) is 14.4. The summed E-state index contributed by atoms with van der Waals surface area (Å²) in [5.41, 5.74) is 6.61. The van der Waals surface area contributed by atoms with Gasteiger partial charge in [0.05, 0.1) is 28.3 Å². The van der Waals surface area contributed by atoms with Crippen molar-refractivity contribution < 1.29 is 14.5 Å². The molecule has 7 nitrogen and oxygen atoms in total. The van der Waals surface area contributed by atoms with Gasteiger partial charge in [-0.2, -0.15) is 0 Å². The highest BCUT2D eigenvalue weighted by Gasteiger charge is 2.18. The largest absolute Gasteiger partial charge is 0.465 e. The van der Waals surface area contributed by atoms with Gasteiger partial charge < -0.3 is 15.8 Å². The van der Waals surface area contributed by atoms with Crippen LogP contribution in [-0.2, 0) is 4.74 Å². The molecule has 114 valence electrons. The summed E-state index contributed by atoms with van der Waals surface area (Å²) in [7, 11) is 1.21. The van der Waals surface area contributed by atoms with Gasteiger partial charge in [0, 0.05) is 11.8 Å². The zero-order valence-corrected chi connectivity index (χ0v) is 12.3. The SMILES string of the molecule is COC(=O)c1ccc(Nc2ccc(N)c(Cl)c2)c([N+](=O)[O-])c1. The van der Waals surface area contributed by atoms with Crippen molar-refractivity contribution in [2.45, 2.75) is 0 Å². The number of rotatable bonds is 4. The smallest absolute Gasteiger partial charge is 0.338 e. The van der Waals surface area contributed by atoms with Crippen molar-refractivity contribution in [1.29, 1.82) is 0 Å². The van der Waals surface area contributed by atoms with Gasteiger partial charge in [-0.05, 0) is 30.3 Å². The predicted molar refractivity (Wildman–Crippen MR) is 83.6 cm³/mol. The molecule has 2 aromatic rings. The highest BCUT2D eigenvalue weighted by molar-refractivity contribution is 6.33. The van der Waals surface area contributed by atoms with Crippen molar-refractivity contribution in [3.63, 3.8) is 0 Å². The zero-order chi connectivity index (χ0) is 16.3. The number of esters is 1. The quantitative estimate of drug-likeness (QED) is 0.387. The number of benzene rings is 2. The number of nitro benzene ring substituents is 1. The van der Waals surface area contributed by atoms with Crippen LogP contribution in [0.15, 0.2) is 36.4 Å². The molecule has 0 aromatic heterocycles. The molecule has 0 atom stereocenters. The Labute approximate surface area is 130 Å². The minimum Gasteiger partial charge on any atom is -0.465 e. The maximum Gasteiger partial charge on any atom is 0.338 e. The zero-order valence-electron chi connectivity index (χ0n) is 11.5. The fraction of sp³-hybridized carbons (Fsp3) is 0.0714. The summed E-state index contributed by atoms with van der Waals surface area (Å²) < 4.78 is 4.54. The average molecular weight is 322 g/mol. The first kappa shape index (κ1) is 15.6. The molecular formula is C14H12ClN3O4. The normalized spacial score (nSPS) is 10.1. The molecule has 0 aliphatic heterocycles. The van der Waals surface area contributed by atoms with Crippen LogP contribution < -0.4 is 11.1 Å². The Morgan fingerprint density at radius 3 is 2.64 bits per heavy atom. The van der Waals surface area contributed by atoms with Gasteiger partial charge >= 0.3 is 5.97 Å². The van der Waals surface area contributed by atoms with Crippen molar-refractivity contribution >= 4 is 40.3 Å². The Bertz CT molecular complexity index is 749. The van der Waals surface area contributed by atoms with Gasteiger partial charge in [0.15, 0.2) is 0 Å². The number of nitrogens with one attached hydrogen (secondary N) is 1. The molecule has 2 aromatic carbocycles. The second-order valence-electron chi connectivity index (χ2n) is 4.34. The van der Waals surface area contributed by atoms with E-state index in [1.807, 2.05) is 0 Å². The number of carbonyl (C=O) groups is 1. The molecule has 0 saturated heterocycles. The Morgan fingerprint density at radius 2 is 2.05 bits per heavy atom. The third-order valence-corrected chi connectivity index (χ3v) is 3.22. The van der Waals surface area contributed by atoms with E-state index in [-0.39, 0.29) is 16.9 Å². The number of ether oxygens (including phenoxy) is 1. The summed E-state index contributed by atoms with van der Waals surface area (Å²) in [6, 6.07) is 8.77. The van der Waals surface area contributed by atoms with Crippen LogP contribution in [0.4, 0.5) is 22.7 Å². The number of nitro groups is 1. The Balaban J connectivity index is 2.39. The van der Waals surface area contributed by atoms with Crippen LogP contribution in [0.5, 0.6) is 0 Å². The molecule has 0 unspecified atom stereocenters. The lowest BCUT2D eigenvalue weighted by molar-refractivity contribution is -0.383. The predicted octanol–water partition coefficient (Wildman–Crippen LogP) is 3.36. The van der Waals surface area contributed by atoms with Crippen LogP contribution in [0, 0.1) is 10.1 Å². The maximum absolute atomic E-state index is 11.4. The third kappa shape index (κ3) is 3.26. The minimum absolute atomic E-state index is 0.0927. The summed E-state index contributed by atoms with van der Waals surface area (Å²) in [6.45, 7) is 0. The van der Waals surface area contributed by atoms with Crippen LogP contribution in [-0.4, -0.2) is 18.0 Å². The minimum atomic E-state index is -0.648. The highest BCUT2D eigenvalue weighted by Crippen LogP contribution is 2.31. The summed E-state index contributed by atoms with van der Waals surface area (Å²) in [4.78, 5) is 22.0. The van der Waals surface area contributed by atoms with Crippen molar-refractivity contribution in [2.24, 2.45) is 0 Å². The molecule has 0 fully saturated rings. The summed E-state index contributed by atoms with van der Waals surface area (Å²) in [6.07, 6.45) is 0. The number of hydrogen-bond donors (Lipinski definition) is 2. The van der Waals surface area contributed by atoms with Gasteiger partial charge in [0.2, 0.25) is 0 Å². The molecule has 0 spiro atoms. The van der Waals surface area contributed by atoms with Gasteiger partial charge in [-0.15, -0.1) is 0 Å². The van der Waals surface area contributed by atoms with Crippen LogP contribution in [0.25, 0.3) is 0 Å². The standard InChI is InChI=1S/C14H12ClN3O4/c1-22-14(19)8-2-5-12(13(6-8)18(20)21)17-9-3-4-11(16)10(15)7-9/h2-7,17H,16H2,1H3. The molecule has 0 saturated carbocycles. The number of methoxy groups -OCH3 is 1. The van der Waals surface area contributed by atoms with E-state index >= 15 is 0 Å². The Kier molecular flexibility index (Phi) is 4.47. The lowest BCUT2D eigenvalue weighted by Gasteiger charge is -2.09. The molecule has 0 bridgehead atoms. The van der Waals surface area contributed by atoms with E-state index in [4.69, 9.17) is 17.3 Å². The Hall–Kier alpha value is -2.80. The number of carbonyl (C=O) groups excluding carboxylic acids is 1. The van der Waals surface area contributed by atoms with E-state index in [9.17, 15) is 14.9 Å². The van der Waals surface area contributed by atoms with E-state index in [1.165, 1.54) is 19.2 Å². The second-order valence-corrected chi connectivity index (χ2v) is 4.75. The molecule has 0 amide bonds. The molecule has 3 N–H and O–H groups in total. The van der Waals surface area contributed by atoms with Gasteiger partial charge in [-0.1, -0.05) is 11.6 Å². The molecule has 0 heterocycles. The second kappa shape index (κ2) is 6.31. The lowest BCUT2D eigenvalue weighted by atomic mass is 10.1. The first-order valence-electron chi connectivity index (χ1n) is 6.11. The number of hydrogen-bond acceptors (Lipinski definition) is 6. The van der Waals surface area contributed by atoms with Gasteiger partial charge in [-0.3, -0.25) is 10.1 Å². The van der Waals surface area contributed by atoms with E-state index in [1.54, 1.807) is 18.2 Å². The van der Waals surface area contributed by atoms with Crippen molar-refractivity contribution in [1.82, 2.24) is 0 Å². The first-order chi connectivity index (χ1) is 10.4.